The largest absolute Gasteiger partial charge is 0.447 e. The lowest BCUT2D eigenvalue weighted by Crippen LogP contribution is -2.63. The topological polar surface area (TPSA) is 66.8 Å². The van der Waals surface area contributed by atoms with Crippen LogP contribution in [-0.2, 0) is 9.53 Å². The number of benzene rings is 1. The number of carbonyl (C=O) groups is 2. The Labute approximate surface area is 154 Å². The van der Waals surface area contributed by atoms with Crippen molar-refractivity contribution in [2.24, 2.45) is 23.2 Å². The van der Waals surface area contributed by atoms with Crippen molar-refractivity contribution in [2.45, 2.75) is 51.7 Å². The Bertz CT molecular complexity index is 731. The molecule has 3 aliphatic rings. The Morgan fingerprint density at radius 3 is 2.50 bits per heavy atom. The molecule has 0 radical (unpaired) electrons. The van der Waals surface area contributed by atoms with Crippen molar-refractivity contribution in [3.05, 3.63) is 35.9 Å². The molecule has 1 aromatic carbocycles. The van der Waals surface area contributed by atoms with Crippen molar-refractivity contribution in [2.75, 3.05) is 6.61 Å². The maximum Gasteiger partial charge on any atom is 0.417 e. The highest BCUT2D eigenvalue weighted by atomic mass is 16.6. The Morgan fingerprint density at radius 2 is 1.88 bits per heavy atom. The number of rotatable bonds is 3. The molecule has 1 heterocycles. The molecule has 1 spiro atoms. The average molecular weight is 357 g/mol. The molecule has 140 valence electrons. The van der Waals surface area contributed by atoms with Crippen LogP contribution in [0.2, 0.25) is 0 Å². The van der Waals surface area contributed by atoms with Gasteiger partial charge in [0.05, 0.1) is 17.6 Å². The summed E-state index contributed by atoms with van der Waals surface area (Å²) < 4.78 is 5.43. The van der Waals surface area contributed by atoms with Crippen molar-refractivity contribution in [3.63, 3.8) is 0 Å². The fourth-order valence-electron chi connectivity index (χ4n) is 5.75. The number of imide groups is 1. The molecule has 5 nitrogen and oxygen atoms in total. The highest BCUT2D eigenvalue weighted by molar-refractivity contribution is 5.96. The standard InChI is InChI=1S/C21H27NO4/c1-13(17(23)14-7-5-4-6-8-14)18(24)22-19(25)26-12-21(22)16-10-9-15(11-16)20(21,2)3/h4-8,13,15-17,23H,9-12H2,1-3H3/t13-,15-,16+,17-,21-/m0/s1. The molecule has 26 heavy (non-hydrogen) atoms. The van der Waals surface area contributed by atoms with Gasteiger partial charge < -0.3 is 9.84 Å². The fourth-order valence-corrected chi connectivity index (χ4v) is 5.75. The van der Waals surface area contributed by atoms with E-state index in [-0.39, 0.29) is 17.9 Å². The van der Waals surface area contributed by atoms with Crippen LogP contribution < -0.4 is 0 Å². The fraction of sp³-hybridized carbons (Fsp3) is 0.619. The van der Waals surface area contributed by atoms with E-state index < -0.39 is 23.7 Å². The summed E-state index contributed by atoms with van der Waals surface area (Å²) in [5.74, 6) is -0.245. The van der Waals surface area contributed by atoms with E-state index in [2.05, 4.69) is 13.8 Å². The molecule has 1 aliphatic heterocycles. The summed E-state index contributed by atoms with van der Waals surface area (Å²) in [5.41, 5.74) is -0.0636. The van der Waals surface area contributed by atoms with Gasteiger partial charge in [0.1, 0.15) is 6.61 Å². The second kappa shape index (κ2) is 5.81. The van der Waals surface area contributed by atoms with Crippen LogP contribution in [0.25, 0.3) is 0 Å². The van der Waals surface area contributed by atoms with Gasteiger partial charge in [-0.3, -0.25) is 4.79 Å². The minimum Gasteiger partial charge on any atom is -0.447 e. The highest BCUT2D eigenvalue weighted by Gasteiger charge is 2.71. The van der Waals surface area contributed by atoms with Crippen LogP contribution in [0.1, 0.15) is 51.7 Å². The van der Waals surface area contributed by atoms with Crippen LogP contribution in [0.3, 0.4) is 0 Å². The van der Waals surface area contributed by atoms with Crippen molar-refractivity contribution in [1.29, 1.82) is 0 Å². The third-order valence-corrected chi connectivity index (χ3v) is 7.47. The van der Waals surface area contributed by atoms with Gasteiger partial charge in [0.15, 0.2) is 0 Å². The minimum absolute atomic E-state index is 0.171. The number of ether oxygens (including phenoxy) is 1. The number of amides is 2. The first-order chi connectivity index (χ1) is 12.3. The third kappa shape index (κ3) is 2.13. The molecule has 1 saturated heterocycles. The minimum atomic E-state index is -0.948. The second-order valence-electron chi connectivity index (χ2n) is 8.73. The monoisotopic (exact) mass is 357 g/mol. The van der Waals surface area contributed by atoms with Gasteiger partial charge >= 0.3 is 6.09 Å². The lowest BCUT2D eigenvalue weighted by molar-refractivity contribution is -0.145. The number of aliphatic hydroxyl groups is 1. The van der Waals surface area contributed by atoms with E-state index in [4.69, 9.17) is 4.74 Å². The Kier molecular flexibility index (Phi) is 3.92. The summed E-state index contributed by atoms with van der Waals surface area (Å²) in [6, 6.07) is 9.14. The molecule has 1 N–H and O–H groups in total. The number of nitrogens with zero attached hydrogens (tertiary/aromatic N) is 1. The summed E-state index contributed by atoms with van der Waals surface area (Å²) in [4.78, 5) is 27.3. The second-order valence-corrected chi connectivity index (χ2v) is 8.73. The van der Waals surface area contributed by atoms with Crippen LogP contribution in [0.5, 0.6) is 0 Å². The summed E-state index contributed by atoms with van der Waals surface area (Å²) >= 11 is 0. The molecule has 2 bridgehead atoms. The van der Waals surface area contributed by atoms with E-state index in [1.165, 1.54) is 4.90 Å². The van der Waals surface area contributed by atoms with Crippen LogP contribution >= 0.6 is 0 Å². The Morgan fingerprint density at radius 1 is 1.23 bits per heavy atom. The average Bonchev–Trinajstić information content (AvgIpc) is 3.30. The Hall–Kier alpha value is -1.88. The van der Waals surface area contributed by atoms with E-state index in [1.54, 1.807) is 19.1 Å². The molecular weight excluding hydrogens is 330 g/mol. The van der Waals surface area contributed by atoms with E-state index >= 15 is 0 Å². The van der Waals surface area contributed by atoms with Gasteiger partial charge in [0.2, 0.25) is 5.91 Å². The van der Waals surface area contributed by atoms with Gasteiger partial charge in [-0.05, 0) is 42.1 Å². The highest BCUT2D eigenvalue weighted by Crippen LogP contribution is 2.65. The smallest absolute Gasteiger partial charge is 0.417 e. The SMILES string of the molecule is C[C@H](C(=O)N1C(=O)OC[C@@]12[C@@H]1CC[C@@H](C1)C2(C)C)[C@H](O)c1ccccc1. The normalized spacial score (nSPS) is 34.2. The molecule has 2 aliphatic carbocycles. The predicted molar refractivity (Wildman–Crippen MR) is 96.1 cm³/mol. The lowest BCUT2D eigenvalue weighted by atomic mass is 9.62. The Balaban J connectivity index is 1.67. The van der Waals surface area contributed by atoms with E-state index in [9.17, 15) is 14.7 Å². The van der Waals surface area contributed by atoms with Gasteiger partial charge in [-0.25, -0.2) is 9.69 Å². The molecule has 4 rings (SSSR count). The molecule has 0 aromatic heterocycles. The van der Waals surface area contributed by atoms with E-state index in [0.29, 0.717) is 17.4 Å². The van der Waals surface area contributed by atoms with Gasteiger partial charge in [-0.15, -0.1) is 0 Å². The molecule has 2 amide bonds. The number of aliphatic hydroxyl groups excluding tert-OH is 1. The summed E-state index contributed by atoms with van der Waals surface area (Å²) in [6.07, 6.45) is 1.73. The number of carbonyl (C=O) groups excluding carboxylic acids is 2. The first-order valence-electron chi connectivity index (χ1n) is 9.54. The van der Waals surface area contributed by atoms with Gasteiger partial charge in [0.25, 0.3) is 0 Å². The molecule has 0 unspecified atom stereocenters. The summed E-state index contributed by atoms with van der Waals surface area (Å²) in [6.45, 7) is 6.30. The van der Waals surface area contributed by atoms with Crippen molar-refractivity contribution >= 4 is 12.0 Å². The van der Waals surface area contributed by atoms with Crippen LogP contribution in [0, 0.1) is 23.2 Å². The molecular formula is C21H27NO4. The van der Waals surface area contributed by atoms with Gasteiger partial charge in [-0.1, -0.05) is 51.1 Å². The van der Waals surface area contributed by atoms with Crippen LogP contribution in [0.15, 0.2) is 30.3 Å². The third-order valence-electron chi connectivity index (χ3n) is 7.47. The zero-order valence-corrected chi connectivity index (χ0v) is 15.6. The maximum absolute atomic E-state index is 13.4. The quantitative estimate of drug-likeness (QED) is 0.899. The number of fused-ring (bicyclic) bond motifs is 3. The van der Waals surface area contributed by atoms with Gasteiger partial charge in [0, 0.05) is 0 Å². The first-order valence-corrected chi connectivity index (χ1v) is 9.54. The van der Waals surface area contributed by atoms with Crippen molar-refractivity contribution < 1.29 is 19.4 Å². The predicted octanol–water partition coefficient (Wildman–Crippen LogP) is 3.53. The number of cyclic esters (lactones) is 1. The maximum atomic E-state index is 13.4. The molecule has 3 fully saturated rings. The van der Waals surface area contributed by atoms with Crippen LogP contribution in [0.4, 0.5) is 4.79 Å². The number of hydrogen-bond acceptors (Lipinski definition) is 4. The zero-order chi connectivity index (χ0) is 18.7. The van der Waals surface area contributed by atoms with E-state index in [1.807, 2.05) is 18.2 Å². The molecule has 5 heteroatoms. The first kappa shape index (κ1) is 17.5. The van der Waals surface area contributed by atoms with Crippen molar-refractivity contribution in [3.8, 4) is 0 Å². The van der Waals surface area contributed by atoms with Crippen molar-refractivity contribution in [1.82, 2.24) is 4.90 Å². The molecule has 1 aromatic rings. The van der Waals surface area contributed by atoms with Gasteiger partial charge in [-0.2, -0.15) is 0 Å². The lowest BCUT2D eigenvalue weighted by Gasteiger charge is -2.50. The zero-order valence-electron chi connectivity index (χ0n) is 15.6. The molecule has 5 atom stereocenters. The number of hydrogen-bond donors (Lipinski definition) is 1. The van der Waals surface area contributed by atoms with Crippen LogP contribution in [-0.4, -0.2) is 34.2 Å². The summed E-state index contributed by atoms with van der Waals surface area (Å²) in [7, 11) is 0. The van der Waals surface area contributed by atoms with E-state index in [0.717, 1.165) is 19.3 Å². The molecule has 2 saturated carbocycles. The summed E-state index contributed by atoms with van der Waals surface area (Å²) in [5, 5.41) is 10.7.